The predicted molar refractivity (Wildman–Crippen MR) is 59.1 cm³/mol. The van der Waals surface area contributed by atoms with Gasteiger partial charge in [-0.15, -0.1) is 0 Å². The maximum atomic E-state index is 5.64. The maximum Gasteiger partial charge on any atom is 0.147 e. The molecule has 1 aromatic rings. The fourth-order valence-electron chi connectivity index (χ4n) is 1.68. The molecule has 0 unspecified atom stereocenters. The van der Waals surface area contributed by atoms with Gasteiger partial charge >= 0.3 is 0 Å². The lowest BCUT2D eigenvalue weighted by atomic mass is 9.80. The number of nitrogens with one attached hydrogen (secondary N) is 1. The first-order chi connectivity index (χ1) is 7.24. The Bertz CT molecular complexity index is 318. The Balaban J connectivity index is 1.90. The Kier molecular flexibility index (Phi) is 3.07. The molecule has 1 heterocycles. The van der Waals surface area contributed by atoms with Crippen molar-refractivity contribution in [2.24, 2.45) is 0 Å². The number of nitrogens with zero attached hydrogens (tertiary/aromatic N) is 2. The second-order valence-electron chi connectivity index (χ2n) is 3.82. The minimum Gasteiger partial charge on any atom is -0.376 e. The average Bonchev–Trinajstić information content (AvgIpc) is 2.20. The number of anilines is 1. The van der Waals surface area contributed by atoms with Crippen molar-refractivity contribution in [3.63, 3.8) is 0 Å². The van der Waals surface area contributed by atoms with E-state index in [2.05, 4.69) is 15.3 Å². The molecule has 1 aliphatic carbocycles. The molecule has 0 atom stereocenters. The number of rotatable bonds is 4. The predicted octanol–water partition coefficient (Wildman–Crippen LogP) is 2.11. The van der Waals surface area contributed by atoms with Gasteiger partial charge in [-0.25, -0.2) is 9.97 Å². The third-order valence-electron chi connectivity index (χ3n) is 2.91. The van der Waals surface area contributed by atoms with E-state index in [1.165, 1.54) is 12.6 Å². The van der Waals surface area contributed by atoms with Crippen LogP contribution in [0.15, 0.2) is 12.4 Å². The van der Waals surface area contributed by atoms with Gasteiger partial charge in [0.1, 0.15) is 11.0 Å². The van der Waals surface area contributed by atoms with Crippen LogP contribution in [0.2, 0.25) is 5.15 Å². The van der Waals surface area contributed by atoms with Gasteiger partial charge in [0.15, 0.2) is 0 Å². The van der Waals surface area contributed by atoms with Gasteiger partial charge in [-0.05, 0) is 19.3 Å². The molecule has 1 saturated carbocycles. The molecule has 5 heteroatoms. The number of halogens is 1. The summed E-state index contributed by atoms with van der Waals surface area (Å²) in [5.41, 5.74) is 0.00131. The highest BCUT2D eigenvalue weighted by Gasteiger charge is 2.36. The Morgan fingerprint density at radius 3 is 2.73 bits per heavy atom. The highest BCUT2D eigenvalue weighted by Crippen LogP contribution is 2.34. The van der Waals surface area contributed by atoms with Crippen molar-refractivity contribution in [1.82, 2.24) is 9.97 Å². The zero-order valence-corrected chi connectivity index (χ0v) is 9.42. The first-order valence-corrected chi connectivity index (χ1v) is 5.38. The lowest BCUT2D eigenvalue weighted by molar-refractivity contribution is -0.0601. The van der Waals surface area contributed by atoms with Gasteiger partial charge in [0.25, 0.3) is 0 Å². The average molecular weight is 228 g/mol. The standard InChI is InChI=1S/C10H14ClN3O/c1-15-10(3-2-4-10)7-14-9-6-12-8(11)5-13-9/h5-6H,2-4,7H2,1H3,(H,13,14). The van der Waals surface area contributed by atoms with E-state index in [9.17, 15) is 0 Å². The minimum atomic E-state index is 0.00131. The van der Waals surface area contributed by atoms with Gasteiger partial charge in [0.05, 0.1) is 18.0 Å². The van der Waals surface area contributed by atoms with Gasteiger partial charge in [0.2, 0.25) is 0 Å². The van der Waals surface area contributed by atoms with Crippen molar-refractivity contribution in [3.05, 3.63) is 17.5 Å². The number of hydrogen-bond acceptors (Lipinski definition) is 4. The largest absolute Gasteiger partial charge is 0.376 e. The van der Waals surface area contributed by atoms with E-state index >= 15 is 0 Å². The summed E-state index contributed by atoms with van der Waals surface area (Å²) in [6.07, 6.45) is 6.62. The van der Waals surface area contributed by atoms with Gasteiger partial charge in [-0.3, -0.25) is 0 Å². The molecule has 0 amide bonds. The molecule has 2 rings (SSSR count). The van der Waals surface area contributed by atoms with Crippen LogP contribution in [0.25, 0.3) is 0 Å². The Hall–Kier alpha value is -0.870. The zero-order chi connectivity index (χ0) is 10.7. The van der Waals surface area contributed by atoms with Crippen molar-refractivity contribution in [2.45, 2.75) is 24.9 Å². The molecule has 1 fully saturated rings. The summed E-state index contributed by atoms with van der Waals surface area (Å²) in [6, 6.07) is 0. The van der Waals surface area contributed by atoms with E-state index < -0.39 is 0 Å². The number of methoxy groups -OCH3 is 1. The van der Waals surface area contributed by atoms with E-state index in [0.29, 0.717) is 5.15 Å². The van der Waals surface area contributed by atoms with Gasteiger partial charge in [0, 0.05) is 13.7 Å². The number of hydrogen-bond donors (Lipinski definition) is 1. The molecule has 0 saturated heterocycles. The van der Waals surface area contributed by atoms with Crippen LogP contribution >= 0.6 is 11.6 Å². The highest BCUT2D eigenvalue weighted by molar-refractivity contribution is 6.29. The third-order valence-corrected chi connectivity index (χ3v) is 3.10. The van der Waals surface area contributed by atoms with E-state index in [4.69, 9.17) is 16.3 Å². The van der Waals surface area contributed by atoms with Crippen LogP contribution in [0.4, 0.5) is 5.82 Å². The monoisotopic (exact) mass is 227 g/mol. The lowest BCUT2D eigenvalue weighted by Crippen LogP contribution is -2.45. The van der Waals surface area contributed by atoms with E-state index in [-0.39, 0.29) is 5.60 Å². The summed E-state index contributed by atoms with van der Waals surface area (Å²) in [6.45, 7) is 0.778. The molecule has 0 spiro atoms. The Morgan fingerprint density at radius 2 is 2.27 bits per heavy atom. The second kappa shape index (κ2) is 4.33. The van der Waals surface area contributed by atoms with E-state index in [1.807, 2.05) is 0 Å². The number of aromatic nitrogens is 2. The highest BCUT2D eigenvalue weighted by atomic mass is 35.5. The molecule has 0 bridgehead atoms. The fraction of sp³-hybridized carbons (Fsp3) is 0.600. The third kappa shape index (κ3) is 2.38. The normalized spacial score (nSPS) is 18.3. The molecule has 1 N–H and O–H groups in total. The van der Waals surface area contributed by atoms with Gasteiger partial charge < -0.3 is 10.1 Å². The molecular weight excluding hydrogens is 214 g/mol. The van der Waals surface area contributed by atoms with Gasteiger partial charge in [-0.2, -0.15) is 0 Å². The summed E-state index contributed by atoms with van der Waals surface area (Å²) < 4.78 is 5.48. The molecule has 0 radical (unpaired) electrons. The lowest BCUT2D eigenvalue weighted by Gasteiger charge is -2.40. The topological polar surface area (TPSA) is 47.0 Å². The molecule has 82 valence electrons. The van der Waals surface area contributed by atoms with Crippen molar-refractivity contribution in [1.29, 1.82) is 0 Å². The van der Waals surface area contributed by atoms with Crippen molar-refractivity contribution >= 4 is 17.4 Å². The van der Waals surface area contributed by atoms with Crippen molar-refractivity contribution in [3.8, 4) is 0 Å². The van der Waals surface area contributed by atoms with E-state index in [0.717, 1.165) is 25.2 Å². The smallest absolute Gasteiger partial charge is 0.147 e. The molecule has 4 nitrogen and oxygen atoms in total. The first kappa shape index (κ1) is 10.6. The summed E-state index contributed by atoms with van der Waals surface area (Å²) in [4.78, 5) is 8.06. The van der Waals surface area contributed by atoms with Crippen molar-refractivity contribution < 1.29 is 4.74 Å². The van der Waals surface area contributed by atoms with Gasteiger partial charge in [-0.1, -0.05) is 11.6 Å². The quantitative estimate of drug-likeness (QED) is 0.856. The molecule has 1 aliphatic rings. The molecule has 1 aromatic heterocycles. The van der Waals surface area contributed by atoms with Crippen LogP contribution in [0.1, 0.15) is 19.3 Å². The van der Waals surface area contributed by atoms with Crippen LogP contribution in [0.5, 0.6) is 0 Å². The Labute approximate surface area is 94.0 Å². The van der Waals surface area contributed by atoms with E-state index in [1.54, 1.807) is 13.3 Å². The van der Waals surface area contributed by atoms with Crippen molar-refractivity contribution in [2.75, 3.05) is 19.0 Å². The number of ether oxygens (including phenoxy) is 1. The van der Waals surface area contributed by atoms with Crippen LogP contribution < -0.4 is 5.32 Å². The van der Waals surface area contributed by atoms with Crippen LogP contribution in [0, 0.1) is 0 Å². The maximum absolute atomic E-state index is 5.64. The van der Waals surface area contributed by atoms with Crippen LogP contribution in [-0.4, -0.2) is 29.2 Å². The minimum absolute atomic E-state index is 0.00131. The summed E-state index contributed by atoms with van der Waals surface area (Å²) in [5.74, 6) is 0.739. The fourth-order valence-corrected chi connectivity index (χ4v) is 1.78. The van der Waals surface area contributed by atoms with Crippen LogP contribution in [0.3, 0.4) is 0 Å². The molecule has 0 aromatic carbocycles. The first-order valence-electron chi connectivity index (χ1n) is 5.01. The molecule has 0 aliphatic heterocycles. The summed E-state index contributed by atoms with van der Waals surface area (Å²) in [5, 5.41) is 3.62. The molecule has 15 heavy (non-hydrogen) atoms. The Morgan fingerprint density at radius 1 is 1.47 bits per heavy atom. The van der Waals surface area contributed by atoms with Crippen LogP contribution in [-0.2, 0) is 4.74 Å². The SMILES string of the molecule is COC1(CNc2cnc(Cl)cn2)CCC1. The summed E-state index contributed by atoms with van der Waals surface area (Å²) >= 11 is 5.64. The summed E-state index contributed by atoms with van der Waals surface area (Å²) in [7, 11) is 1.76. The zero-order valence-electron chi connectivity index (χ0n) is 8.66. The second-order valence-corrected chi connectivity index (χ2v) is 4.21. The molecular formula is C10H14ClN3O.